The topological polar surface area (TPSA) is 96.0 Å². The smallest absolute Gasteiger partial charge is 0.264 e. The summed E-state index contributed by atoms with van der Waals surface area (Å²) in [4.78, 5) is 29.3. The minimum absolute atomic E-state index is 0.000115. The molecule has 1 aliphatic rings. The number of carbonyl (C=O) groups excluding carboxylic acids is 2. The van der Waals surface area contributed by atoms with Crippen molar-refractivity contribution in [3.8, 4) is 5.75 Å². The lowest BCUT2D eigenvalue weighted by Crippen LogP contribution is -2.54. The fraction of sp³-hybridized carbons (Fsp3) is 0.394. The Morgan fingerprint density at radius 2 is 1.67 bits per heavy atom. The molecule has 0 bridgehead atoms. The second-order valence-electron chi connectivity index (χ2n) is 10.9. The van der Waals surface area contributed by atoms with Gasteiger partial charge in [-0.05, 0) is 73.7 Å². The number of hydrogen-bond donors (Lipinski definition) is 1. The van der Waals surface area contributed by atoms with E-state index in [0.717, 1.165) is 42.0 Å². The zero-order valence-electron chi connectivity index (χ0n) is 25.0. The van der Waals surface area contributed by atoms with Gasteiger partial charge in [0.05, 0.1) is 17.7 Å². The molecule has 1 fully saturated rings. The first-order chi connectivity index (χ1) is 20.6. The number of nitrogens with zero attached hydrogens (tertiary/aromatic N) is 2. The number of halogens is 1. The van der Waals surface area contributed by atoms with E-state index in [-0.39, 0.29) is 34.8 Å². The summed E-state index contributed by atoms with van der Waals surface area (Å²) in [7, 11) is -2.79. The number of methoxy groups -OCH3 is 1. The summed E-state index contributed by atoms with van der Waals surface area (Å²) in [5.41, 5.74) is 1.60. The van der Waals surface area contributed by atoms with Gasteiger partial charge in [-0.25, -0.2) is 12.8 Å². The molecule has 3 aromatic carbocycles. The van der Waals surface area contributed by atoms with Gasteiger partial charge in [0, 0.05) is 12.6 Å². The number of carbonyl (C=O) groups is 2. The lowest BCUT2D eigenvalue weighted by atomic mass is 9.95. The van der Waals surface area contributed by atoms with Crippen molar-refractivity contribution in [2.24, 2.45) is 0 Å². The van der Waals surface area contributed by atoms with Crippen LogP contribution in [0.4, 0.5) is 10.1 Å². The van der Waals surface area contributed by atoms with Crippen molar-refractivity contribution < 1.29 is 27.1 Å². The third-order valence-electron chi connectivity index (χ3n) is 7.82. The van der Waals surface area contributed by atoms with Gasteiger partial charge in [0.25, 0.3) is 10.0 Å². The molecule has 0 unspecified atom stereocenters. The fourth-order valence-electron chi connectivity index (χ4n) is 5.48. The summed E-state index contributed by atoms with van der Waals surface area (Å²) in [6, 6.07) is 17.9. The van der Waals surface area contributed by atoms with Gasteiger partial charge in [0.2, 0.25) is 11.8 Å². The van der Waals surface area contributed by atoms with Crippen LogP contribution in [0.1, 0.15) is 56.6 Å². The number of amides is 2. The van der Waals surface area contributed by atoms with Crippen molar-refractivity contribution in [1.29, 1.82) is 0 Å². The van der Waals surface area contributed by atoms with Crippen LogP contribution in [0.2, 0.25) is 0 Å². The van der Waals surface area contributed by atoms with Gasteiger partial charge < -0.3 is 15.0 Å². The van der Waals surface area contributed by atoms with E-state index in [2.05, 4.69) is 5.32 Å². The van der Waals surface area contributed by atoms with Crippen LogP contribution in [0.5, 0.6) is 5.75 Å². The predicted molar refractivity (Wildman–Crippen MR) is 165 cm³/mol. The van der Waals surface area contributed by atoms with Crippen molar-refractivity contribution in [2.75, 3.05) is 18.0 Å². The summed E-state index contributed by atoms with van der Waals surface area (Å²) >= 11 is 0. The molecule has 0 heterocycles. The van der Waals surface area contributed by atoms with Crippen LogP contribution in [-0.4, -0.2) is 50.9 Å². The first kappa shape index (κ1) is 32.0. The molecule has 8 nitrogen and oxygen atoms in total. The molecule has 43 heavy (non-hydrogen) atoms. The van der Waals surface area contributed by atoms with Gasteiger partial charge in [0.1, 0.15) is 24.2 Å². The third kappa shape index (κ3) is 7.93. The summed E-state index contributed by atoms with van der Waals surface area (Å²) in [6.45, 7) is 3.06. The first-order valence-electron chi connectivity index (χ1n) is 14.7. The summed E-state index contributed by atoms with van der Waals surface area (Å²) in [5, 5.41) is 3.12. The Labute approximate surface area is 253 Å². The molecule has 230 valence electrons. The molecule has 0 radical (unpaired) electrons. The average molecular weight is 610 g/mol. The highest BCUT2D eigenvalue weighted by Crippen LogP contribution is 2.34. The monoisotopic (exact) mass is 609 g/mol. The molecule has 3 aromatic rings. The maximum Gasteiger partial charge on any atom is 0.264 e. The van der Waals surface area contributed by atoms with E-state index in [0.29, 0.717) is 12.0 Å². The number of sulfonamides is 1. The normalized spacial score (nSPS) is 14.5. The SMILES string of the molecule is CC[C@H](C(=O)NC1CCCCC1)N(Cc1ccc(F)cc1)C(=O)CN(c1cc(C)ccc1OC)S(=O)(=O)c1ccccc1. The number of ether oxygens (including phenoxy) is 1. The molecule has 1 N–H and O–H groups in total. The van der Waals surface area contributed by atoms with Crippen LogP contribution in [0.25, 0.3) is 0 Å². The highest BCUT2D eigenvalue weighted by Gasteiger charge is 2.35. The molecular weight excluding hydrogens is 569 g/mol. The van der Waals surface area contributed by atoms with Gasteiger partial charge in [-0.1, -0.05) is 62.6 Å². The van der Waals surface area contributed by atoms with E-state index >= 15 is 0 Å². The summed E-state index contributed by atoms with van der Waals surface area (Å²) in [6.07, 6.45) is 5.27. The fourth-order valence-corrected chi connectivity index (χ4v) is 6.92. The Kier molecular flexibility index (Phi) is 10.8. The average Bonchev–Trinajstić information content (AvgIpc) is 3.01. The number of hydrogen-bond acceptors (Lipinski definition) is 5. The van der Waals surface area contributed by atoms with Gasteiger partial charge in [-0.2, -0.15) is 0 Å². The molecule has 1 atom stereocenters. The van der Waals surface area contributed by atoms with Gasteiger partial charge in [-0.15, -0.1) is 0 Å². The number of benzene rings is 3. The second kappa shape index (κ2) is 14.5. The van der Waals surface area contributed by atoms with Gasteiger partial charge >= 0.3 is 0 Å². The standard InChI is InChI=1S/C33H40FN3O5S/c1-4-29(33(39)35-27-11-7-5-8-12-27)36(22-25-16-18-26(34)19-17-25)32(38)23-37(30-21-24(2)15-20-31(30)42-3)43(40,41)28-13-9-6-10-14-28/h6,9-10,13-21,27,29H,4-5,7-8,11-12,22-23H2,1-3H3,(H,35,39)/t29-/m1/s1. The van der Waals surface area contributed by atoms with Crippen LogP contribution in [0.15, 0.2) is 77.7 Å². The molecule has 0 aromatic heterocycles. The highest BCUT2D eigenvalue weighted by atomic mass is 32.2. The van der Waals surface area contributed by atoms with Crippen molar-refractivity contribution >= 4 is 27.5 Å². The van der Waals surface area contributed by atoms with E-state index in [1.165, 1.54) is 36.3 Å². The molecule has 10 heteroatoms. The Bertz CT molecular complexity index is 1490. The molecule has 4 rings (SSSR count). The minimum atomic E-state index is -4.23. The summed E-state index contributed by atoms with van der Waals surface area (Å²) < 4.78 is 48.4. The number of aryl methyl sites for hydroxylation is 1. The van der Waals surface area contributed by atoms with Crippen molar-refractivity contribution in [1.82, 2.24) is 10.2 Å². The highest BCUT2D eigenvalue weighted by molar-refractivity contribution is 7.92. The molecule has 0 spiro atoms. The molecule has 0 aliphatic heterocycles. The van der Waals surface area contributed by atoms with Crippen LogP contribution in [0.3, 0.4) is 0 Å². The maximum absolute atomic E-state index is 14.3. The molecule has 0 saturated heterocycles. The van der Waals surface area contributed by atoms with E-state index in [1.54, 1.807) is 48.5 Å². The van der Waals surface area contributed by atoms with Crippen LogP contribution >= 0.6 is 0 Å². The quantitative estimate of drug-likeness (QED) is 0.289. The summed E-state index contributed by atoms with van der Waals surface area (Å²) in [5.74, 6) is -0.992. The van der Waals surface area contributed by atoms with Crippen molar-refractivity contribution in [2.45, 2.75) is 75.9 Å². The lowest BCUT2D eigenvalue weighted by molar-refractivity contribution is -0.140. The molecule has 2 amide bonds. The lowest BCUT2D eigenvalue weighted by Gasteiger charge is -2.34. The molecule has 1 saturated carbocycles. The van der Waals surface area contributed by atoms with Crippen molar-refractivity contribution in [3.05, 3.63) is 89.7 Å². The first-order valence-corrected chi connectivity index (χ1v) is 16.1. The Morgan fingerprint density at radius 3 is 2.30 bits per heavy atom. The largest absolute Gasteiger partial charge is 0.495 e. The number of rotatable bonds is 12. The Morgan fingerprint density at radius 1 is 1.00 bits per heavy atom. The minimum Gasteiger partial charge on any atom is -0.495 e. The van der Waals surface area contributed by atoms with Crippen LogP contribution in [-0.2, 0) is 26.2 Å². The zero-order chi connectivity index (χ0) is 31.0. The molecule has 1 aliphatic carbocycles. The van der Waals surface area contributed by atoms with Gasteiger partial charge in [-0.3, -0.25) is 13.9 Å². The second-order valence-corrected chi connectivity index (χ2v) is 12.8. The number of anilines is 1. The van der Waals surface area contributed by atoms with E-state index < -0.39 is 34.3 Å². The maximum atomic E-state index is 14.3. The van der Waals surface area contributed by atoms with Gasteiger partial charge in [0.15, 0.2) is 0 Å². The zero-order valence-corrected chi connectivity index (χ0v) is 25.8. The van der Waals surface area contributed by atoms with Crippen LogP contribution < -0.4 is 14.4 Å². The number of nitrogens with one attached hydrogen (secondary N) is 1. The third-order valence-corrected chi connectivity index (χ3v) is 9.59. The Balaban J connectivity index is 1.74. The van der Waals surface area contributed by atoms with E-state index in [1.807, 2.05) is 13.8 Å². The van der Waals surface area contributed by atoms with Crippen molar-refractivity contribution in [3.63, 3.8) is 0 Å². The van der Waals surface area contributed by atoms with Crippen LogP contribution in [0, 0.1) is 12.7 Å². The van der Waals surface area contributed by atoms with E-state index in [4.69, 9.17) is 4.74 Å². The van der Waals surface area contributed by atoms with E-state index in [9.17, 15) is 22.4 Å². The predicted octanol–water partition coefficient (Wildman–Crippen LogP) is 5.59. The Hall–Kier alpha value is -3.92. The molecular formula is C33H40FN3O5S.